The third kappa shape index (κ3) is 4.15. The lowest BCUT2D eigenvalue weighted by atomic mass is 10.00. The van der Waals surface area contributed by atoms with E-state index in [-0.39, 0.29) is 0 Å². The lowest BCUT2D eigenvalue weighted by Gasteiger charge is -2.13. The first-order chi connectivity index (χ1) is 9.66. The first-order valence-electron chi connectivity index (χ1n) is 7.04. The Hall–Kier alpha value is -1.71. The minimum absolute atomic E-state index is 0.474. The normalized spacial score (nSPS) is 12.6. The summed E-state index contributed by atoms with van der Waals surface area (Å²) in [5.41, 5.74) is 3.42. The monoisotopic (exact) mass is 270 g/mol. The van der Waals surface area contributed by atoms with Crippen LogP contribution >= 0.6 is 0 Å². The Labute approximate surface area is 120 Å². The fourth-order valence-corrected chi connectivity index (χ4v) is 2.07. The quantitative estimate of drug-likeness (QED) is 0.848. The van der Waals surface area contributed by atoms with E-state index in [4.69, 9.17) is 0 Å². The number of nitrogens with zero attached hydrogens (tertiary/aromatic N) is 1. The second-order valence-corrected chi connectivity index (χ2v) is 5.32. The van der Waals surface area contributed by atoms with Crippen molar-refractivity contribution in [3.8, 4) is 0 Å². The van der Waals surface area contributed by atoms with Gasteiger partial charge in [-0.2, -0.15) is 0 Å². The highest BCUT2D eigenvalue weighted by Crippen LogP contribution is 2.18. The summed E-state index contributed by atoms with van der Waals surface area (Å²) in [7, 11) is 0. The summed E-state index contributed by atoms with van der Waals surface area (Å²) in [4.78, 5) is 3.98. The van der Waals surface area contributed by atoms with Gasteiger partial charge in [-0.1, -0.05) is 38.1 Å². The van der Waals surface area contributed by atoms with Gasteiger partial charge in [-0.25, -0.2) is 0 Å². The molecular weight excluding hydrogens is 248 g/mol. The Kier molecular flexibility index (Phi) is 5.27. The molecule has 0 aliphatic rings. The molecule has 1 unspecified atom stereocenters. The zero-order valence-corrected chi connectivity index (χ0v) is 12.1. The average molecular weight is 270 g/mol. The molecule has 1 aromatic carbocycles. The topological polar surface area (TPSA) is 45.1 Å². The van der Waals surface area contributed by atoms with Crippen molar-refractivity contribution < 1.29 is 5.11 Å². The molecule has 0 bridgehead atoms. The third-order valence-corrected chi connectivity index (χ3v) is 3.40. The van der Waals surface area contributed by atoms with Gasteiger partial charge in [0, 0.05) is 25.5 Å². The van der Waals surface area contributed by atoms with Gasteiger partial charge >= 0.3 is 0 Å². The maximum Gasteiger partial charge on any atom is 0.0914 e. The van der Waals surface area contributed by atoms with Gasteiger partial charge in [-0.05, 0) is 34.7 Å². The van der Waals surface area contributed by atoms with E-state index < -0.39 is 6.10 Å². The van der Waals surface area contributed by atoms with Crippen LogP contribution in [0.15, 0.2) is 48.8 Å². The van der Waals surface area contributed by atoms with Gasteiger partial charge in [0.1, 0.15) is 0 Å². The van der Waals surface area contributed by atoms with Crippen molar-refractivity contribution in [3.05, 3.63) is 65.5 Å². The maximum atomic E-state index is 10.2. The molecule has 3 heteroatoms. The number of aliphatic hydroxyl groups is 1. The molecular formula is C17H22N2O. The maximum absolute atomic E-state index is 10.2. The lowest BCUT2D eigenvalue weighted by molar-refractivity contribution is 0.174. The average Bonchev–Trinajstić information content (AvgIpc) is 2.48. The first-order valence-corrected chi connectivity index (χ1v) is 7.04. The molecule has 1 heterocycles. The highest BCUT2D eigenvalue weighted by Gasteiger charge is 2.07. The van der Waals surface area contributed by atoms with Gasteiger partial charge in [0.2, 0.25) is 0 Å². The largest absolute Gasteiger partial charge is 0.387 e. The number of hydrogen-bond donors (Lipinski definition) is 2. The fourth-order valence-electron chi connectivity index (χ4n) is 2.07. The molecule has 0 fully saturated rings. The third-order valence-electron chi connectivity index (χ3n) is 3.40. The molecule has 0 radical (unpaired) electrons. The Balaban J connectivity index is 1.84. The van der Waals surface area contributed by atoms with Crippen LogP contribution in [0.5, 0.6) is 0 Å². The minimum Gasteiger partial charge on any atom is -0.387 e. The van der Waals surface area contributed by atoms with Gasteiger partial charge in [0.05, 0.1) is 6.10 Å². The molecule has 0 amide bonds. The van der Waals surface area contributed by atoms with E-state index in [9.17, 15) is 5.11 Å². The van der Waals surface area contributed by atoms with Crippen LogP contribution < -0.4 is 5.32 Å². The highest BCUT2D eigenvalue weighted by atomic mass is 16.3. The summed E-state index contributed by atoms with van der Waals surface area (Å²) >= 11 is 0. The molecule has 0 saturated heterocycles. The van der Waals surface area contributed by atoms with Crippen molar-refractivity contribution in [3.63, 3.8) is 0 Å². The fraction of sp³-hybridized carbons (Fsp3) is 0.353. The smallest absolute Gasteiger partial charge is 0.0914 e. The number of pyridine rings is 1. The van der Waals surface area contributed by atoms with Crippen molar-refractivity contribution in [1.82, 2.24) is 10.3 Å². The Morgan fingerprint density at radius 3 is 2.20 bits per heavy atom. The minimum atomic E-state index is -0.474. The molecule has 2 aromatic rings. The molecule has 0 saturated carbocycles. The summed E-state index contributed by atoms with van der Waals surface area (Å²) in [5.74, 6) is 0.519. The van der Waals surface area contributed by atoms with Gasteiger partial charge in [-0.3, -0.25) is 4.98 Å². The van der Waals surface area contributed by atoms with Gasteiger partial charge in [0.15, 0.2) is 0 Å². The standard InChI is InChI=1S/C17H22N2O/c1-13(2)15-3-5-16(6-4-15)17(20)12-19-11-14-7-9-18-10-8-14/h3-10,13,17,19-20H,11-12H2,1-2H3. The Morgan fingerprint density at radius 1 is 1.00 bits per heavy atom. The summed E-state index contributed by atoms with van der Waals surface area (Å²) in [5, 5.41) is 13.4. The predicted molar refractivity (Wildman–Crippen MR) is 81.4 cm³/mol. The van der Waals surface area contributed by atoms with E-state index in [1.54, 1.807) is 12.4 Å². The molecule has 0 spiro atoms. The molecule has 1 aromatic heterocycles. The van der Waals surface area contributed by atoms with E-state index >= 15 is 0 Å². The van der Waals surface area contributed by atoms with Crippen LogP contribution in [-0.2, 0) is 6.54 Å². The number of aliphatic hydroxyl groups excluding tert-OH is 1. The molecule has 2 rings (SSSR count). The Morgan fingerprint density at radius 2 is 1.60 bits per heavy atom. The number of benzene rings is 1. The second kappa shape index (κ2) is 7.17. The number of rotatable bonds is 6. The van der Waals surface area contributed by atoms with Crippen LogP contribution in [-0.4, -0.2) is 16.6 Å². The first kappa shape index (κ1) is 14.7. The second-order valence-electron chi connectivity index (χ2n) is 5.32. The van der Waals surface area contributed by atoms with Crippen LogP contribution in [0.4, 0.5) is 0 Å². The van der Waals surface area contributed by atoms with Gasteiger partial charge < -0.3 is 10.4 Å². The SMILES string of the molecule is CC(C)c1ccc(C(O)CNCc2ccncc2)cc1. The van der Waals surface area contributed by atoms with Gasteiger partial charge in [-0.15, -0.1) is 0 Å². The van der Waals surface area contributed by atoms with E-state index in [2.05, 4.69) is 36.3 Å². The number of nitrogens with one attached hydrogen (secondary N) is 1. The zero-order valence-electron chi connectivity index (χ0n) is 12.1. The van der Waals surface area contributed by atoms with Crippen LogP contribution in [0.3, 0.4) is 0 Å². The molecule has 1 atom stereocenters. The zero-order chi connectivity index (χ0) is 14.4. The molecule has 3 nitrogen and oxygen atoms in total. The van der Waals surface area contributed by atoms with Crippen molar-refractivity contribution in [2.45, 2.75) is 32.4 Å². The lowest BCUT2D eigenvalue weighted by Crippen LogP contribution is -2.21. The Bertz CT molecular complexity index is 508. The van der Waals surface area contributed by atoms with Crippen LogP contribution in [0.1, 0.15) is 42.6 Å². The van der Waals surface area contributed by atoms with E-state index in [1.807, 2.05) is 24.3 Å². The number of aromatic nitrogens is 1. The van der Waals surface area contributed by atoms with Crippen LogP contribution in [0, 0.1) is 0 Å². The highest BCUT2D eigenvalue weighted by molar-refractivity contribution is 5.26. The number of hydrogen-bond acceptors (Lipinski definition) is 3. The van der Waals surface area contributed by atoms with E-state index in [0.717, 1.165) is 12.1 Å². The summed E-state index contributed by atoms with van der Waals surface area (Å²) in [6, 6.07) is 12.1. The van der Waals surface area contributed by atoms with Crippen molar-refractivity contribution in [2.75, 3.05) is 6.54 Å². The van der Waals surface area contributed by atoms with E-state index in [0.29, 0.717) is 12.5 Å². The molecule has 2 N–H and O–H groups in total. The molecule has 0 aliphatic heterocycles. The molecule has 20 heavy (non-hydrogen) atoms. The van der Waals surface area contributed by atoms with Crippen LogP contribution in [0.2, 0.25) is 0 Å². The van der Waals surface area contributed by atoms with E-state index in [1.165, 1.54) is 11.1 Å². The molecule has 0 aliphatic carbocycles. The van der Waals surface area contributed by atoms with Crippen molar-refractivity contribution in [1.29, 1.82) is 0 Å². The molecule has 106 valence electrons. The van der Waals surface area contributed by atoms with Crippen molar-refractivity contribution in [2.24, 2.45) is 0 Å². The van der Waals surface area contributed by atoms with Gasteiger partial charge in [0.25, 0.3) is 0 Å². The summed E-state index contributed by atoms with van der Waals surface area (Å²) < 4.78 is 0. The summed E-state index contributed by atoms with van der Waals surface area (Å²) in [6.07, 6.45) is 3.08. The summed E-state index contributed by atoms with van der Waals surface area (Å²) in [6.45, 7) is 5.62. The van der Waals surface area contributed by atoms with Crippen LogP contribution in [0.25, 0.3) is 0 Å². The van der Waals surface area contributed by atoms with Crippen molar-refractivity contribution >= 4 is 0 Å². The predicted octanol–water partition coefficient (Wildman–Crippen LogP) is 3.03.